The minimum Gasteiger partial charge on any atom is -0.478 e. The number of nitro benzene ring substituents is 1. The number of halogens is 2. The van der Waals surface area contributed by atoms with Gasteiger partial charge < -0.3 is 9.84 Å². The third-order valence-corrected chi connectivity index (χ3v) is 2.85. The van der Waals surface area contributed by atoms with E-state index in [0.717, 1.165) is 18.2 Å². The monoisotopic (exact) mass is 311 g/mol. The van der Waals surface area contributed by atoms with Crippen LogP contribution in [0.4, 0.5) is 10.1 Å². The van der Waals surface area contributed by atoms with Crippen molar-refractivity contribution in [3.8, 4) is 11.5 Å². The fraction of sp³-hybridized carbons (Fsp3) is 0. The number of ether oxygens (including phenoxy) is 1. The Morgan fingerprint density at radius 3 is 2.62 bits per heavy atom. The number of rotatable bonds is 4. The van der Waals surface area contributed by atoms with E-state index in [0.29, 0.717) is 0 Å². The molecule has 0 bridgehead atoms. The van der Waals surface area contributed by atoms with Crippen LogP contribution in [0.2, 0.25) is 5.02 Å². The summed E-state index contributed by atoms with van der Waals surface area (Å²) in [5.74, 6) is -2.57. The van der Waals surface area contributed by atoms with Crippen LogP contribution in [0.15, 0.2) is 36.4 Å². The van der Waals surface area contributed by atoms with Crippen molar-refractivity contribution in [1.82, 2.24) is 0 Å². The van der Waals surface area contributed by atoms with Crippen LogP contribution in [0.1, 0.15) is 10.4 Å². The van der Waals surface area contributed by atoms with Crippen LogP contribution in [0.3, 0.4) is 0 Å². The zero-order chi connectivity index (χ0) is 15.6. The molecule has 0 saturated heterocycles. The molecule has 2 aromatic carbocycles. The number of nitro groups is 1. The maximum Gasteiger partial charge on any atom is 0.341 e. The van der Waals surface area contributed by atoms with E-state index in [2.05, 4.69) is 0 Å². The summed E-state index contributed by atoms with van der Waals surface area (Å²) in [5.41, 5.74) is -0.982. The van der Waals surface area contributed by atoms with Gasteiger partial charge in [-0.1, -0.05) is 17.7 Å². The van der Waals surface area contributed by atoms with Crippen molar-refractivity contribution in [1.29, 1.82) is 0 Å². The first-order valence-electron chi connectivity index (χ1n) is 5.53. The molecule has 0 atom stereocenters. The molecule has 0 amide bonds. The van der Waals surface area contributed by atoms with Crippen molar-refractivity contribution >= 4 is 23.3 Å². The Bertz CT molecular complexity index is 734. The van der Waals surface area contributed by atoms with Gasteiger partial charge in [-0.05, 0) is 18.2 Å². The summed E-state index contributed by atoms with van der Waals surface area (Å²) >= 11 is 5.76. The second-order valence-electron chi connectivity index (χ2n) is 3.89. The lowest BCUT2D eigenvalue weighted by Crippen LogP contribution is -2.01. The second-order valence-corrected chi connectivity index (χ2v) is 4.30. The molecular formula is C13H7ClFNO5. The van der Waals surface area contributed by atoms with Gasteiger partial charge in [0.15, 0.2) is 0 Å². The van der Waals surface area contributed by atoms with E-state index < -0.39 is 22.4 Å². The van der Waals surface area contributed by atoms with E-state index in [4.69, 9.17) is 21.4 Å². The van der Waals surface area contributed by atoms with Crippen LogP contribution in [-0.4, -0.2) is 16.0 Å². The van der Waals surface area contributed by atoms with E-state index in [9.17, 15) is 19.3 Å². The molecule has 8 heteroatoms. The lowest BCUT2D eigenvalue weighted by molar-refractivity contribution is -0.387. The lowest BCUT2D eigenvalue weighted by atomic mass is 10.2. The molecule has 0 aromatic heterocycles. The Hall–Kier alpha value is -2.67. The van der Waals surface area contributed by atoms with Crippen molar-refractivity contribution in [2.24, 2.45) is 0 Å². The van der Waals surface area contributed by atoms with Gasteiger partial charge in [0, 0.05) is 12.1 Å². The van der Waals surface area contributed by atoms with E-state index in [1.54, 1.807) is 0 Å². The van der Waals surface area contributed by atoms with Crippen LogP contribution < -0.4 is 4.74 Å². The lowest BCUT2D eigenvalue weighted by Gasteiger charge is -2.09. The second kappa shape index (κ2) is 5.76. The number of benzene rings is 2. The quantitative estimate of drug-likeness (QED) is 0.683. The molecule has 0 aliphatic heterocycles. The molecule has 0 aliphatic rings. The van der Waals surface area contributed by atoms with E-state index in [1.165, 1.54) is 18.2 Å². The highest BCUT2D eigenvalue weighted by atomic mass is 35.5. The maximum atomic E-state index is 13.5. The normalized spacial score (nSPS) is 10.2. The van der Waals surface area contributed by atoms with Crippen molar-refractivity contribution in [3.63, 3.8) is 0 Å². The molecule has 0 unspecified atom stereocenters. The molecule has 21 heavy (non-hydrogen) atoms. The summed E-state index contributed by atoms with van der Waals surface area (Å²) in [5, 5.41) is 19.5. The van der Waals surface area contributed by atoms with Gasteiger partial charge in [0.25, 0.3) is 0 Å². The zero-order valence-electron chi connectivity index (χ0n) is 10.2. The molecule has 1 N–H and O–H groups in total. The highest BCUT2D eigenvalue weighted by molar-refractivity contribution is 6.33. The number of nitrogens with zero attached hydrogens (tertiary/aromatic N) is 1. The third kappa shape index (κ3) is 3.09. The number of carboxylic acids is 1. The SMILES string of the molecule is O=C(O)c1c(Cl)cccc1Oc1ccc([N+](=O)[O-])c(F)c1. The first kappa shape index (κ1) is 14.7. The first-order chi connectivity index (χ1) is 9.90. The highest BCUT2D eigenvalue weighted by Crippen LogP contribution is 2.32. The fourth-order valence-electron chi connectivity index (χ4n) is 1.62. The Kier molecular flexibility index (Phi) is 4.04. The van der Waals surface area contributed by atoms with Gasteiger partial charge in [-0.2, -0.15) is 4.39 Å². The molecular weight excluding hydrogens is 305 g/mol. The Morgan fingerprint density at radius 2 is 2.05 bits per heavy atom. The number of carbonyl (C=O) groups is 1. The summed E-state index contributed by atoms with van der Waals surface area (Å²) in [4.78, 5) is 20.8. The van der Waals surface area contributed by atoms with E-state index >= 15 is 0 Å². The number of aromatic carboxylic acids is 1. The van der Waals surface area contributed by atoms with E-state index in [-0.39, 0.29) is 22.1 Å². The maximum absolute atomic E-state index is 13.5. The smallest absolute Gasteiger partial charge is 0.341 e. The van der Waals surface area contributed by atoms with Crippen LogP contribution in [0.25, 0.3) is 0 Å². The molecule has 2 rings (SSSR count). The number of hydrogen-bond donors (Lipinski definition) is 1. The Morgan fingerprint density at radius 1 is 1.33 bits per heavy atom. The predicted octanol–water partition coefficient (Wildman–Crippen LogP) is 3.88. The largest absolute Gasteiger partial charge is 0.478 e. The number of carboxylic acid groups (broad SMARTS) is 1. The third-order valence-electron chi connectivity index (χ3n) is 2.53. The predicted molar refractivity (Wildman–Crippen MR) is 71.5 cm³/mol. The number of hydrogen-bond acceptors (Lipinski definition) is 4. The summed E-state index contributed by atoms with van der Waals surface area (Å²) in [6.45, 7) is 0. The van der Waals surface area contributed by atoms with Crippen LogP contribution in [-0.2, 0) is 0 Å². The minimum atomic E-state index is -1.31. The Balaban J connectivity index is 2.39. The van der Waals surface area contributed by atoms with Gasteiger partial charge in [-0.3, -0.25) is 10.1 Å². The van der Waals surface area contributed by atoms with Crippen molar-refractivity contribution in [3.05, 3.63) is 62.9 Å². The summed E-state index contributed by atoms with van der Waals surface area (Å²) in [6.07, 6.45) is 0. The minimum absolute atomic E-state index is 0.0395. The molecule has 0 spiro atoms. The highest BCUT2D eigenvalue weighted by Gasteiger charge is 2.18. The Labute approximate surface area is 122 Å². The van der Waals surface area contributed by atoms with Gasteiger partial charge in [0.1, 0.15) is 17.1 Å². The van der Waals surface area contributed by atoms with Crippen LogP contribution >= 0.6 is 11.6 Å². The zero-order valence-corrected chi connectivity index (χ0v) is 11.0. The average molecular weight is 312 g/mol. The first-order valence-corrected chi connectivity index (χ1v) is 5.91. The van der Waals surface area contributed by atoms with Crippen molar-refractivity contribution in [2.45, 2.75) is 0 Å². The van der Waals surface area contributed by atoms with Gasteiger partial charge in [-0.25, -0.2) is 4.79 Å². The molecule has 2 aromatic rings. The molecule has 0 radical (unpaired) electrons. The average Bonchev–Trinajstić information content (AvgIpc) is 2.37. The molecule has 0 saturated carbocycles. The molecule has 0 aliphatic carbocycles. The van der Waals surface area contributed by atoms with Gasteiger partial charge in [-0.15, -0.1) is 0 Å². The molecule has 0 fully saturated rings. The molecule has 0 heterocycles. The van der Waals surface area contributed by atoms with Gasteiger partial charge in [0.05, 0.1) is 9.95 Å². The van der Waals surface area contributed by atoms with Crippen molar-refractivity contribution < 1.29 is 24.0 Å². The molecule has 6 nitrogen and oxygen atoms in total. The fourth-order valence-corrected chi connectivity index (χ4v) is 1.87. The molecule has 108 valence electrons. The van der Waals surface area contributed by atoms with Crippen molar-refractivity contribution in [2.75, 3.05) is 0 Å². The van der Waals surface area contributed by atoms with Gasteiger partial charge in [0.2, 0.25) is 5.82 Å². The van der Waals surface area contributed by atoms with E-state index in [1.807, 2.05) is 0 Å². The standard InChI is InChI=1S/C13H7ClFNO5/c14-8-2-1-3-11(12(8)13(17)18)21-7-4-5-10(16(19)20)9(15)6-7/h1-6H,(H,17,18). The topological polar surface area (TPSA) is 89.7 Å². The van der Waals surface area contributed by atoms with Gasteiger partial charge >= 0.3 is 11.7 Å². The summed E-state index contributed by atoms with van der Waals surface area (Å²) < 4.78 is 18.7. The summed E-state index contributed by atoms with van der Waals surface area (Å²) in [7, 11) is 0. The van der Waals surface area contributed by atoms with Crippen LogP contribution in [0, 0.1) is 15.9 Å². The summed E-state index contributed by atoms with van der Waals surface area (Å²) in [6, 6.07) is 7.06. The van der Waals surface area contributed by atoms with Crippen LogP contribution in [0.5, 0.6) is 11.5 Å².